The lowest BCUT2D eigenvalue weighted by atomic mass is 10.0. The van der Waals surface area contributed by atoms with E-state index in [0.29, 0.717) is 23.9 Å². The first-order chi connectivity index (χ1) is 30.5. The van der Waals surface area contributed by atoms with Gasteiger partial charge in [-0.1, -0.05) is 231 Å². The molecule has 2 unspecified atom stereocenters. The summed E-state index contributed by atoms with van der Waals surface area (Å²) in [5.74, 6) is -0.797. The van der Waals surface area contributed by atoms with Gasteiger partial charge in [-0.15, -0.1) is 0 Å². The number of phosphoric ester groups is 1. The summed E-state index contributed by atoms with van der Waals surface area (Å²) in [6, 6.07) is 0. The summed E-state index contributed by atoms with van der Waals surface area (Å²) in [6.07, 6.45) is 51.6. The Morgan fingerprint density at radius 3 is 1.24 bits per heavy atom. The summed E-state index contributed by atoms with van der Waals surface area (Å²) >= 11 is 0. The van der Waals surface area contributed by atoms with E-state index in [-0.39, 0.29) is 25.6 Å². The van der Waals surface area contributed by atoms with E-state index < -0.39 is 26.5 Å². The zero-order chi connectivity index (χ0) is 46.4. The average molecular weight is 915 g/mol. The van der Waals surface area contributed by atoms with E-state index in [1.807, 2.05) is 21.1 Å². The number of allylic oxidation sites excluding steroid dienone is 2. The minimum atomic E-state index is -4.37. The van der Waals surface area contributed by atoms with Crippen LogP contribution in [0.4, 0.5) is 0 Å². The van der Waals surface area contributed by atoms with Crippen molar-refractivity contribution in [2.24, 2.45) is 0 Å². The van der Waals surface area contributed by atoms with Crippen molar-refractivity contribution in [3.05, 3.63) is 12.2 Å². The van der Waals surface area contributed by atoms with Gasteiger partial charge in [0.1, 0.15) is 19.8 Å². The number of hydrogen-bond donors (Lipinski definition) is 1. The first-order valence-corrected chi connectivity index (χ1v) is 28.4. The van der Waals surface area contributed by atoms with Crippen molar-refractivity contribution in [1.29, 1.82) is 0 Å². The summed E-state index contributed by atoms with van der Waals surface area (Å²) < 4.78 is 34.4. The molecule has 0 aromatic rings. The summed E-state index contributed by atoms with van der Waals surface area (Å²) in [5, 5.41) is 0. The Bertz CT molecular complexity index is 1080. The third-order valence-electron chi connectivity index (χ3n) is 12.0. The number of unbranched alkanes of at least 4 members (excludes halogenated alkanes) is 34. The molecule has 374 valence electrons. The molecule has 0 spiro atoms. The van der Waals surface area contributed by atoms with Crippen LogP contribution in [0, 0.1) is 0 Å². The van der Waals surface area contributed by atoms with Crippen molar-refractivity contribution in [1.82, 2.24) is 0 Å². The van der Waals surface area contributed by atoms with Crippen LogP contribution < -0.4 is 0 Å². The topological polar surface area (TPSA) is 108 Å². The molecule has 0 bridgehead atoms. The van der Waals surface area contributed by atoms with Gasteiger partial charge in [0.15, 0.2) is 6.10 Å². The first kappa shape index (κ1) is 61.8. The van der Waals surface area contributed by atoms with E-state index in [0.717, 1.165) is 57.8 Å². The van der Waals surface area contributed by atoms with E-state index in [4.69, 9.17) is 18.5 Å². The second kappa shape index (κ2) is 45.9. The molecule has 63 heavy (non-hydrogen) atoms. The summed E-state index contributed by atoms with van der Waals surface area (Å²) in [4.78, 5) is 35.4. The molecular formula is C53H105NO8P+. The molecule has 0 aromatic carbocycles. The SMILES string of the molecule is CCC/C=C\CCCCCCCC(=O)OC(COC(=O)CCCCCCCCCCCCCCCCCCCCCCCCCCCCCCC)COP(=O)(O)OCC[N+](C)(C)C. The van der Waals surface area contributed by atoms with E-state index in [9.17, 15) is 19.0 Å². The van der Waals surface area contributed by atoms with Gasteiger partial charge >= 0.3 is 19.8 Å². The van der Waals surface area contributed by atoms with Crippen LogP contribution in [-0.2, 0) is 32.7 Å². The summed E-state index contributed by atoms with van der Waals surface area (Å²) in [7, 11) is 1.48. The Hall–Kier alpha value is -1.25. The number of carbonyl (C=O) groups excluding carboxylic acids is 2. The number of hydrogen-bond acceptors (Lipinski definition) is 7. The van der Waals surface area contributed by atoms with Gasteiger partial charge in [0.05, 0.1) is 27.7 Å². The minimum Gasteiger partial charge on any atom is -0.462 e. The van der Waals surface area contributed by atoms with Crippen molar-refractivity contribution < 1.29 is 42.1 Å². The van der Waals surface area contributed by atoms with Crippen molar-refractivity contribution in [2.45, 2.75) is 270 Å². The first-order valence-electron chi connectivity index (χ1n) is 26.9. The Morgan fingerprint density at radius 1 is 0.476 bits per heavy atom. The molecule has 0 radical (unpaired) electrons. The van der Waals surface area contributed by atoms with Crippen LogP contribution >= 0.6 is 7.82 Å². The second-order valence-corrected chi connectivity index (χ2v) is 21.1. The van der Waals surface area contributed by atoms with E-state index in [1.54, 1.807) is 0 Å². The number of rotatable bonds is 50. The number of esters is 2. The maximum atomic E-state index is 12.7. The van der Waals surface area contributed by atoms with Crippen LogP contribution in [0.1, 0.15) is 264 Å². The standard InChI is InChI=1S/C53H104NO8P/c1-6-8-10-12-14-16-18-19-20-21-22-23-24-25-26-27-28-29-30-31-32-33-34-35-36-38-39-41-43-45-52(55)59-49-51(50-61-63(57,58)60-48-47-54(3,4)5)62-53(56)46-44-42-40-37-17-15-13-11-9-7-2/h11,13,51H,6-10,12,14-50H2,1-5H3/p+1/b13-11-. The van der Waals surface area contributed by atoms with Crippen molar-refractivity contribution in [2.75, 3.05) is 47.5 Å². The third kappa shape index (κ3) is 50.0. The fraction of sp³-hybridized carbons (Fsp3) is 0.925. The monoisotopic (exact) mass is 915 g/mol. The van der Waals surface area contributed by atoms with Crippen LogP contribution in [0.3, 0.4) is 0 Å². The molecule has 9 nitrogen and oxygen atoms in total. The van der Waals surface area contributed by atoms with Crippen LogP contribution in [0.25, 0.3) is 0 Å². The molecule has 0 saturated carbocycles. The average Bonchev–Trinajstić information content (AvgIpc) is 3.24. The predicted octanol–water partition coefficient (Wildman–Crippen LogP) is 16.1. The smallest absolute Gasteiger partial charge is 0.462 e. The Kier molecular flexibility index (Phi) is 45.0. The van der Waals surface area contributed by atoms with Crippen molar-refractivity contribution in [3.8, 4) is 0 Å². The molecule has 2 atom stereocenters. The molecule has 0 aliphatic carbocycles. The largest absolute Gasteiger partial charge is 0.472 e. The highest BCUT2D eigenvalue weighted by molar-refractivity contribution is 7.47. The lowest BCUT2D eigenvalue weighted by Crippen LogP contribution is -2.37. The van der Waals surface area contributed by atoms with Gasteiger partial charge in [0, 0.05) is 12.8 Å². The quantitative estimate of drug-likeness (QED) is 0.0211. The molecule has 0 aliphatic rings. The fourth-order valence-electron chi connectivity index (χ4n) is 7.84. The number of carbonyl (C=O) groups is 2. The molecule has 0 aromatic heterocycles. The molecule has 1 N–H and O–H groups in total. The van der Waals surface area contributed by atoms with Crippen LogP contribution in [-0.4, -0.2) is 74.9 Å². The van der Waals surface area contributed by atoms with Crippen LogP contribution in [0.2, 0.25) is 0 Å². The number of quaternary nitrogens is 1. The number of phosphoric acid groups is 1. The molecule has 10 heteroatoms. The lowest BCUT2D eigenvalue weighted by molar-refractivity contribution is -0.870. The molecule has 0 heterocycles. The highest BCUT2D eigenvalue weighted by Crippen LogP contribution is 2.43. The molecule has 0 saturated heterocycles. The van der Waals surface area contributed by atoms with Gasteiger partial charge < -0.3 is 18.9 Å². The zero-order valence-corrected chi connectivity index (χ0v) is 43.2. The van der Waals surface area contributed by atoms with Crippen molar-refractivity contribution >= 4 is 19.8 Å². The van der Waals surface area contributed by atoms with Crippen molar-refractivity contribution in [3.63, 3.8) is 0 Å². The zero-order valence-electron chi connectivity index (χ0n) is 42.3. The molecule has 0 aliphatic heterocycles. The second-order valence-electron chi connectivity index (χ2n) is 19.6. The highest BCUT2D eigenvalue weighted by atomic mass is 31.2. The fourth-order valence-corrected chi connectivity index (χ4v) is 8.58. The van der Waals surface area contributed by atoms with Gasteiger partial charge in [-0.25, -0.2) is 4.57 Å². The van der Waals surface area contributed by atoms with Crippen LogP contribution in [0.15, 0.2) is 12.2 Å². The molecule has 0 rings (SSSR count). The number of likely N-dealkylation sites (N-methyl/N-ethyl adjacent to an activating group) is 1. The Morgan fingerprint density at radius 2 is 0.841 bits per heavy atom. The molecule has 0 fully saturated rings. The normalized spacial score (nSPS) is 13.4. The highest BCUT2D eigenvalue weighted by Gasteiger charge is 2.27. The van der Waals surface area contributed by atoms with Gasteiger partial charge in [0.25, 0.3) is 0 Å². The number of nitrogens with zero attached hydrogens (tertiary/aromatic N) is 1. The number of ether oxygens (including phenoxy) is 2. The maximum Gasteiger partial charge on any atom is 0.472 e. The van der Waals surface area contributed by atoms with E-state index in [1.165, 1.54) is 173 Å². The molecular weight excluding hydrogens is 810 g/mol. The predicted molar refractivity (Wildman–Crippen MR) is 266 cm³/mol. The van der Waals surface area contributed by atoms with Crippen LogP contribution in [0.5, 0.6) is 0 Å². The summed E-state index contributed by atoms with van der Waals surface area (Å²) in [5.41, 5.74) is 0. The minimum absolute atomic E-state index is 0.0332. The third-order valence-corrected chi connectivity index (χ3v) is 13.0. The van der Waals surface area contributed by atoms with Gasteiger partial charge in [0.2, 0.25) is 0 Å². The maximum absolute atomic E-state index is 12.7. The Balaban J connectivity index is 3.95. The van der Waals surface area contributed by atoms with Gasteiger partial charge in [-0.05, 0) is 32.1 Å². The lowest BCUT2D eigenvalue weighted by Gasteiger charge is -2.24. The van der Waals surface area contributed by atoms with Gasteiger partial charge in [-0.2, -0.15) is 0 Å². The van der Waals surface area contributed by atoms with E-state index in [2.05, 4.69) is 26.0 Å². The van der Waals surface area contributed by atoms with E-state index >= 15 is 0 Å². The molecule has 0 amide bonds. The summed E-state index contributed by atoms with van der Waals surface area (Å²) in [6.45, 7) is 4.39. The van der Waals surface area contributed by atoms with Gasteiger partial charge in [-0.3, -0.25) is 18.6 Å². The Labute approximate surface area is 390 Å².